The van der Waals surface area contributed by atoms with Crippen molar-refractivity contribution in [1.29, 1.82) is 0 Å². The Labute approximate surface area is 204 Å². The Kier molecular flexibility index (Phi) is 7.41. The van der Waals surface area contributed by atoms with Gasteiger partial charge in [-0.25, -0.2) is 4.79 Å². The number of ketones is 1. The van der Waals surface area contributed by atoms with Crippen LogP contribution in [0.15, 0.2) is 58.3 Å². The van der Waals surface area contributed by atoms with Crippen LogP contribution in [0.25, 0.3) is 0 Å². The molecule has 180 valence electrons. The maximum Gasteiger partial charge on any atom is 0.336 e. The molecule has 7 heteroatoms. The molecule has 2 aliphatic rings. The minimum atomic E-state index is -0.399. The first kappa shape index (κ1) is 24.1. The Balaban J connectivity index is 1.69. The second kappa shape index (κ2) is 10.5. The molecule has 2 atom stereocenters. The van der Waals surface area contributed by atoms with Crippen molar-refractivity contribution >= 4 is 23.1 Å². The van der Waals surface area contributed by atoms with Gasteiger partial charge in [-0.3, -0.25) is 4.79 Å². The number of rotatable bonds is 8. The van der Waals surface area contributed by atoms with Crippen molar-refractivity contribution in [3.05, 3.63) is 68.7 Å². The molecule has 2 heterocycles. The zero-order chi connectivity index (χ0) is 24.2. The number of nitrogens with one attached hydrogen (secondary N) is 1. The van der Waals surface area contributed by atoms with Crippen LogP contribution >= 0.6 is 11.3 Å². The maximum atomic E-state index is 13.6. The quantitative estimate of drug-likeness (QED) is 0.398. The molecule has 0 amide bonds. The lowest BCUT2D eigenvalue weighted by Gasteiger charge is -2.36. The van der Waals surface area contributed by atoms with Crippen molar-refractivity contribution in [1.82, 2.24) is 5.32 Å². The van der Waals surface area contributed by atoms with E-state index in [0.29, 0.717) is 42.1 Å². The summed E-state index contributed by atoms with van der Waals surface area (Å²) in [6.45, 7) is 4.33. The second-order valence-electron chi connectivity index (χ2n) is 8.64. The largest absolute Gasteiger partial charge is 0.493 e. The second-order valence-corrected chi connectivity index (χ2v) is 9.62. The van der Waals surface area contributed by atoms with Crippen LogP contribution in [-0.2, 0) is 14.3 Å². The molecule has 1 aliphatic carbocycles. The Morgan fingerprint density at radius 3 is 2.62 bits per heavy atom. The number of hydrogen-bond acceptors (Lipinski definition) is 7. The van der Waals surface area contributed by atoms with E-state index in [1.807, 2.05) is 42.6 Å². The fourth-order valence-electron chi connectivity index (χ4n) is 4.78. The number of thiophene rings is 1. The number of benzene rings is 1. The van der Waals surface area contributed by atoms with Crippen molar-refractivity contribution in [2.45, 2.75) is 51.4 Å². The van der Waals surface area contributed by atoms with Crippen LogP contribution in [0.3, 0.4) is 0 Å². The molecule has 1 aliphatic heterocycles. The predicted molar refractivity (Wildman–Crippen MR) is 132 cm³/mol. The summed E-state index contributed by atoms with van der Waals surface area (Å²) in [5, 5.41) is 5.38. The van der Waals surface area contributed by atoms with Gasteiger partial charge in [0, 0.05) is 28.3 Å². The van der Waals surface area contributed by atoms with Crippen molar-refractivity contribution < 1.29 is 23.8 Å². The van der Waals surface area contributed by atoms with Gasteiger partial charge < -0.3 is 19.5 Å². The highest BCUT2D eigenvalue weighted by Gasteiger charge is 2.41. The summed E-state index contributed by atoms with van der Waals surface area (Å²) in [7, 11) is 3.22. The maximum absolute atomic E-state index is 13.6. The first-order valence-electron chi connectivity index (χ1n) is 11.6. The van der Waals surface area contributed by atoms with Crippen LogP contribution in [0.4, 0.5) is 0 Å². The molecular weight excluding hydrogens is 450 g/mol. The van der Waals surface area contributed by atoms with Crippen LogP contribution in [0.2, 0.25) is 0 Å². The molecule has 0 spiro atoms. The van der Waals surface area contributed by atoms with Crippen LogP contribution in [0.1, 0.15) is 61.8 Å². The summed E-state index contributed by atoms with van der Waals surface area (Å²) in [5.74, 6) is 0.620. The summed E-state index contributed by atoms with van der Waals surface area (Å²) in [5.41, 5.74) is 3.89. The minimum absolute atomic E-state index is 0.00778. The number of dihydropyridines is 1. The molecule has 6 nitrogen and oxygen atoms in total. The normalized spacial score (nSPS) is 20.1. The van der Waals surface area contributed by atoms with Gasteiger partial charge in [0.15, 0.2) is 17.3 Å². The molecule has 0 fully saturated rings. The van der Waals surface area contributed by atoms with E-state index in [2.05, 4.69) is 12.2 Å². The van der Waals surface area contributed by atoms with Crippen molar-refractivity contribution in [2.75, 3.05) is 20.8 Å². The third-order valence-corrected chi connectivity index (χ3v) is 7.42. The van der Waals surface area contributed by atoms with Gasteiger partial charge in [0.05, 0.1) is 32.3 Å². The number of carbonyl (C=O) groups is 2. The number of Topliss-reactive ketones (excluding diaryl/α,β-unsaturated/α-hetero) is 1. The number of methoxy groups -OCH3 is 2. The van der Waals surface area contributed by atoms with Crippen LogP contribution < -0.4 is 14.8 Å². The van der Waals surface area contributed by atoms with E-state index in [-0.39, 0.29) is 17.7 Å². The van der Waals surface area contributed by atoms with Crippen molar-refractivity contribution in [3.8, 4) is 11.5 Å². The average Bonchev–Trinajstić information content (AvgIpc) is 3.37. The molecular formula is C27H31NO5S. The molecule has 4 rings (SSSR count). The summed E-state index contributed by atoms with van der Waals surface area (Å²) < 4.78 is 16.4. The number of hydrogen-bond donors (Lipinski definition) is 1. The summed E-state index contributed by atoms with van der Waals surface area (Å²) >= 11 is 1.56. The van der Waals surface area contributed by atoms with Crippen molar-refractivity contribution in [2.24, 2.45) is 0 Å². The van der Waals surface area contributed by atoms with Gasteiger partial charge in [0.2, 0.25) is 0 Å². The van der Waals surface area contributed by atoms with Gasteiger partial charge in [-0.05, 0) is 54.8 Å². The Morgan fingerprint density at radius 1 is 1.15 bits per heavy atom. The van der Waals surface area contributed by atoms with Gasteiger partial charge >= 0.3 is 5.97 Å². The molecule has 2 unspecified atom stereocenters. The van der Waals surface area contributed by atoms with Gasteiger partial charge in [0.1, 0.15) is 0 Å². The summed E-state index contributed by atoms with van der Waals surface area (Å²) in [6, 6.07) is 9.76. The SMILES string of the molecule is CCCCOC(=O)C1=C(C)NC2=C(C(=O)CC(c3ccc(OC)c(OC)c3)C2)C1c1cccs1. The minimum Gasteiger partial charge on any atom is -0.493 e. The summed E-state index contributed by atoms with van der Waals surface area (Å²) in [4.78, 5) is 27.7. The monoisotopic (exact) mass is 481 g/mol. The smallest absolute Gasteiger partial charge is 0.336 e. The van der Waals surface area contributed by atoms with Crippen LogP contribution in [-0.4, -0.2) is 32.6 Å². The molecule has 1 aromatic heterocycles. The van der Waals surface area contributed by atoms with Crippen molar-refractivity contribution in [3.63, 3.8) is 0 Å². The fourth-order valence-corrected chi connectivity index (χ4v) is 5.62. The Hall–Kier alpha value is -3.06. The molecule has 0 saturated heterocycles. The summed E-state index contributed by atoms with van der Waals surface area (Å²) in [6.07, 6.45) is 2.81. The standard InChI is InChI=1S/C27H31NO5S/c1-5-6-11-33-27(30)24-16(2)28-19-13-18(17-9-10-21(31-3)22(15-17)32-4)14-20(29)25(19)26(24)23-8-7-12-34-23/h7-10,12,15,18,26,28H,5-6,11,13-14H2,1-4H3. The fraction of sp³-hybridized carbons (Fsp3) is 0.407. The lowest BCUT2D eigenvalue weighted by molar-refractivity contribution is -0.139. The highest BCUT2D eigenvalue weighted by molar-refractivity contribution is 7.10. The van der Waals surface area contributed by atoms with E-state index >= 15 is 0 Å². The van der Waals surface area contributed by atoms with E-state index in [1.165, 1.54) is 0 Å². The Morgan fingerprint density at radius 2 is 1.94 bits per heavy atom. The van der Waals surface area contributed by atoms with E-state index in [0.717, 1.165) is 34.7 Å². The first-order valence-corrected chi connectivity index (χ1v) is 12.5. The van der Waals surface area contributed by atoms with Gasteiger partial charge in [0.25, 0.3) is 0 Å². The zero-order valence-corrected chi connectivity index (χ0v) is 20.9. The third-order valence-electron chi connectivity index (χ3n) is 6.49. The molecule has 0 radical (unpaired) electrons. The molecule has 34 heavy (non-hydrogen) atoms. The van der Waals surface area contributed by atoms with Gasteiger partial charge in [-0.2, -0.15) is 0 Å². The molecule has 2 aromatic rings. The average molecular weight is 482 g/mol. The van der Waals surface area contributed by atoms with E-state index in [9.17, 15) is 9.59 Å². The zero-order valence-electron chi connectivity index (χ0n) is 20.1. The number of unbranched alkanes of at least 4 members (excludes halogenated alkanes) is 1. The first-order chi connectivity index (χ1) is 16.5. The van der Waals surface area contributed by atoms with Gasteiger partial charge in [-0.1, -0.05) is 25.5 Å². The lowest BCUT2D eigenvalue weighted by Crippen LogP contribution is -2.36. The molecule has 0 bridgehead atoms. The van der Waals surface area contributed by atoms with E-state index in [1.54, 1.807) is 25.6 Å². The third kappa shape index (κ3) is 4.62. The van der Waals surface area contributed by atoms with Gasteiger partial charge in [-0.15, -0.1) is 11.3 Å². The molecule has 1 N–H and O–H groups in total. The highest BCUT2D eigenvalue weighted by Crippen LogP contribution is 2.47. The Bertz CT molecular complexity index is 1130. The number of carbonyl (C=O) groups excluding carboxylic acids is 2. The van der Waals surface area contributed by atoms with Crippen LogP contribution in [0.5, 0.6) is 11.5 Å². The number of allylic oxidation sites excluding steroid dienone is 3. The van der Waals surface area contributed by atoms with Crippen LogP contribution in [0, 0.1) is 0 Å². The highest BCUT2D eigenvalue weighted by atomic mass is 32.1. The number of esters is 1. The van der Waals surface area contributed by atoms with E-state index < -0.39 is 5.92 Å². The molecule has 1 aromatic carbocycles. The molecule has 0 saturated carbocycles. The predicted octanol–water partition coefficient (Wildman–Crippen LogP) is 5.47. The number of ether oxygens (including phenoxy) is 3. The lowest BCUT2D eigenvalue weighted by atomic mass is 9.73. The van der Waals surface area contributed by atoms with E-state index in [4.69, 9.17) is 14.2 Å². The topological polar surface area (TPSA) is 73.9 Å².